The molecule has 1 heterocycles. The molecular weight excluding hydrogens is 408 g/mol. The molecule has 0 radical (unpaired) electrons. The average Bonchev–Trinajstić information content (AvgIpc) is 2.74. The molecule has 3 aromatic rings. The van der Waals surface area contributed by atoms with Gasteiger partial charge >= 0.3 is 0 Å². The Morgan fingerprint density at radius 3 is 2.41 bits per heavy atom. The molecule has 4 rings (SSSR count). The highest BCUT2D eigenvalue weighted by Crippen LogP contribution is 2.34. The molecule has 0 aliphatic carbocycles. The van der Waals surface area contributed by atoms with E-state index in [4.69, 9.17) is 11.6 Å². The number of hydrogen-bond donors (Lipinski definition) is 1. The Morgan fingerprint density at radius 1 is 0.966 bits per heavy atom. The van der Waals surface area contributed by atoms with Gasteiger partial charge in [0, 0.05) is 22.8 Å². The number of sulfonamides is 1. The lowest BCUT2D eigenvalue weighted by molar-refractivity contribution is 0.102. The first-order valence-corrected chi connectivity index (χ1v) is 11.0. The average molecular weight is 427 g/mol. The van der Waals surface area contributed by atoms with E-state index in [1.54, 1.807) is 66.7 Å². The quantitative estimate of drug-likeness (QED) is 0.655. The number of halogens is 1. The van der Waals surface area contributed by atoms with Crippen LogP contribution in [0.4, 0.5) is 11.4 Å². The van der Waals surface area contributed by atoms with Gasteiger partial charge in [0.15, 0.2) is 0 Å². The number of carbonyl (C=O) groups excluding carboxylic acids is 1. The molecule has 0 saturated heterocycles. The zero-order valence-electron chi connectivity index (χ0n) is 15.5. The molecule has 0 aromatic heterocycles. The molecule has 0 bridgehead atoms. The Morgan fingerprint density at radius 2 is 1.69 bits per heavy atom. The Bertz CT molecular complexity index is 1150. The van der Waals surface area contributed by atoms with Crippen LogP contribution in [0, 0.1) is 0 Å². The standard InChI is InChI=1S/C22H19ClN2O3S/c23-18-11-8-17(9-12-18)22(26)24-19-13-10-16-5-4-14-25(21(16)15-19)29(27,28)20-6-2-1-3-7-20/h1-3,6-13,15H,4-5,14H2,(H,24,26). The summed E-state index contributed by atoms with van der Waals surface area (Å²) in [6.07, 6.45) is 1.54. The summed E-state index contributed by atoms with van der Waals surface area (Å²) in [4.78, 5) is 12.8. The molecule has 0 spiro atoms. The summed E-state index contributed by atoms with van der Waals surface area (Å²) >= 11 is 5.87. The van der Waals surface area contributed by atoms with E-state index in [-0.39, 0.29) is 10.8 Å². The summed E-state index contributed by atoms with van der Waals surface area (Å²) < 4.78 is 27.8. The number of anilines is 2. The molecule has 3 aromatic carbocycles. The molecule has 1 N–H and O–H groups in total. The second kappa shape index (κ2) is 7.89. The van der Waals surface area contributed by atoms with Crippen LogP contribution in [0.25, 0.3) is 0 Å². The van der Waals surface area contributed by atoms with E-state index >= 15 is 0 Å². The molecule has 5 nitrogen and oxygen atoms in total. The fourth-order valence-electron chi connectivity index (χ4n) is 3.39. The summed E-state index contributed by atoms with van der Waals surface area (Å²) in [5, 5.41) is 3.39. The Kier molecular flexibility index (Phi) is 5.30. The summed E-state index contributed by atoms with van der Waals surface area (Å²) in [7, 11) is -3.67. The van der Waals surface area contributed by atoms with E-state index in [1.807, 2.05) is 6.07 Å². The van der Waals surface area contributed by atoms with Crippen molar-refractivity contribution < 1.29 is 13.2 Å². The maximum atomic E-state index is 13.2. The van der Waals surface area contributed by atoms with Crippen LogP contribution in [0.1, 0.15) is 22.3 Å². The second-order valence-corrected chi connectivity index (χ2v) is 9.10. The zero-order valence-corrected chi connectivity index (χ0v) is 17.1. The molecule has 29 heavy (non-hydrogen) atoms. The van der Waals surface area contributed by atoms with Crippen molar-refractivity contribution in [2.45, 2.75) is 17.7 Å². The maximum absolute atomic E-state index is 13.2. The number of carbonyl (C=O) groups is 1. The van der Waals surface area contributed by atoms with Gasteiger partial charge in [-0.2, -0.15) is 0 Å². The third-order valence-electron chi connectivity index (χ3n) is 4.86. The van der Waals surface area contributed by atoms with Crippen LogP contribution < -0.4 is 9.62 Å². The SMILES string of the molecule is O=C(Nc1ccc2c(c1)N(S(=O)(=O)c1ccccc1)CCC2)c1ccc(Cl)cc1. The van der Waals surface area contributed by atoms with E-state index in [0.717, 1.165) is 18.4 Å². The number of aryl methyl sites for hydroxylation is 1. The maximum Gasteiger partial charge on any atom is 0.264 e. The Labute approximate surface area is 175 Å². The largest absolute Gasteiger partial charge is 0.322 e. The molecule has 0 fully saturated rings. The van der Waals surface area contributed by atoms with Crippen LogP contribution in [0.5, 0.6) is 0 Å². The van der Waals surface area contributed by atoms with Gasteiger partial charge in [-0.15, -0.1) is 0 Å². The minimum atomic E-state index is -3.67. The van der Waals surface area contributed by atoms with Gasteiger partial charge in [0.1, 0.15) is 0 Å². The van der Waals surface area contributed by atoms with Crippen molar-refractivity contribution in [1.29, 1.82) is 0 Å². The van der Waals surface area contributed by atoms with Crippen LogP contribution in [0.15, 0.2) is 77.7 Å². The third-order valence-corrected chi connectivity index (χ3v) is 6.94. The van der Waals surface area contributed by atoms with Gasteiger partial charge < -0.3 is 5.32 Å². The molecule has 1 aliphatic heterocycles. The topological polar surface area (TPSA) is 66.5 Å². The van der Waals surface area contributed by atoms with Crippen LogP contribution in [-0.2, 0) is 16.4 Å². The van der Waals surface area contributed by atoms with Gasteiger partial charge in [-0.1, -0.05) is 35.9 Å². The molecule has 1 aliphatic rings. The summed E-state index contributed by atoms with van der Waals surface area (Å²) in [5.74, 6) is -0.283. The Balaban J connectivity index is 1.65. The van der Waals surface area contributed by atoms with Crippen LogP contribution in [-0.4, -0.2) is 20.9 Å². The predicted octanol–water partition coefficient (Wildman–Crippen LogP) is 4.73. The molecule has 1 amide bonds. The highest BCUT2D eigenvalue weighted by Gasteiger charge is 2.29. The lowest BCUT2D eigenvalue weighted by atomic mass is 10.0. The van der Waals surface area contributed by atoms with Gasteiger partial charge in [0.05, 0.1) is 10.6 Å². The van der Waals surface area contributed by atoms with Crippen molar-refractivity contribution in [3.05, 3.63) is 88.9 Å². The van der Waals surface area contributed by atoms with Gasteiger partial charge in [-0.05, 0) is 66.9 Å². The highest BCUT2D eigenvalue weighted by atomic mass is 35.5. The summed E-state index contributed by atoms with van der Waals surface area (Å²) in [6.45, 7) is 0.402. The number of amides is 1. The number of nitrogens with one attached hydrogen (secondary N) is 1. The molecule has 0 atom stereocenters. The Hall–Kier alpha value is -2.83. The van der Waals surface area contributed by atoms with E-state index in [2.05, 4.69) is 5.32 Å². The fourth-order valence-corrected chi connectivity index (χ4v) is 5.07. The normalized spacial score (nSPS) is 13.6. The van der Waals surface area contributed by atoms with Crippen molar-refractivity contribution in [3.63, 3.8) is 0 Å². The van der Waals surface area contributed by atoms with E-state index in [9.17, 15) is 13.2 Å². The van der Waals surface area contributed by atoms with E-state index in [1.165, 1.54) is 4.31 Å². The predicted molar refractivity (Wildman–Crippen MR) is 115 cm³/mol. The smallest absolute Gasteiger partial charge is 0.264 e. The summed E-state index contributed by atoms with van der Waals surface area (Å²) in [5.41, 5.74) is 2.56. The summed E-state index contributed by atoms with van der Waals surface area (Å²) in [6, 6.07) is 20.4. The second-order valence-electron chi connectivity index (χ2n) is 6.80. The first kappa shape index (κ1) is 19.5. The minimum Gasteiger partial charge on any atom is -0.322 e. The van der Waals surface area contributed by atoms with E-state index in [0.29, 0.717) is 28.5 Å². The van der Waals surface area contributed by atoms with Gasteiger partial charge in [-0.3, -0.25) is 9.10 Å². The van der Waals surface area contributed by atoms with Crippen LogP contribution in [0.3, 0.4) is 0 Å². The van der Waals surface area contributed by atoms with Gasteiger partial charge in [-0.25, -0.2) is 8.42 Å². The molecule has 0 unspecified atom stereocenters. The number of hydrogen-bond acceptors (Lipinski definition) is 3. The lowest BCUT2D eigenvalue weighted by Crippen LogP contribution is -2.35. The lowest BCUT2D eigenvalue weighted by Gasteiger charge is -2.31. The number of benzene rings is 3. The highest BCUT2D eigenvalue weighted by molar-refractivity contribution is 7.92. The fraction of sp³-hybridized carbons (Fsp3) is 0.136. The van der Waals surface area contributed by atoms with Crippen molar-refractivity contribution in [2.24, 2.45) is 0 Å². The zero-order chi connectivity index (χ0) is 20.4. The molecule has 148 valence electrons. The first-order chi connectivity index (χ1) is 13.9. The third kappa shape index (κ3) is 3.99. The monoisotopic (exact) mass is 426 g/mol. The van der Waals surface area contributed by atoms with Crippen LogP contribution >= 0.6 is 11.6 Å². The molecule has 0 saturated carbocycles. The van der Waals surface area contributed by atoms with Crippen molar-refractivity contribution in [1.82, 2.24) is 0 Å². The van der Waals surface area contributed by atoms with Crippen molar-refractivity contribution in [2.75, 3.05) is 16.2 Å². The van der Waals surface area contributed by atoms with Crippen molar-refractivity contribution in [3.8, 4) is 0 Å². The molecule has 7 heteroatoms. The van der Waals surface area contributed by atoms with E-state index < -0.39 is 10.0 Å². The minimum absolute atomic E-state index is 0.253. The van der Waals surface area contributed by atoms with Crippen molar-refractivity contribution >= 4 is 38.9 Å². The number of fused-ring (bicyclic) bond motifs is 1. The number of rotatable bonds is 4. The van der Waals surface area contributed by atoms with Gasteiger partial charge in [0.2, 0.25) is 0 Å². The first-order valence-electron chi connectivity index (χ1n) is 9.23. The molecular formula is C22H19ClN2O3S. The van der Waals surface area contributed by atoms with Gasteiger partial charge in [0.25, 0.3) is 15.9 Å². The van der Waals surface area contributed by atoms with Crippen LogP contribution in [0.2, 0.25) is 5.02 Å². The number of nitrogens with zero attached hydrogens (tertiary/aromatic N) is 1.